The summed E-state index contributed by atoms with van der Waals surface area (Å²) in [6.07, 6.45) is 2.57. The van der Waals surface area contributed by atoms with Crippen LogP contribution in [0.25, 0.3) is 0 Å². The molecule has 0 heterocycles. The third-order valence-electron chi connectivity index (χ3n) is 3.01. The summed E-state index contributed by atoms with van der Waals surface area (Å²) in [6, 6.07) is 8.46. The molecule has 17 heavy (non-hydrogen) atoms. The van der Waals surface area contributed by atoms with Crippen LogP contribution in [-0.4, -0.2) is 13.7 Å². The van der Waals surface area contributed by atoms with Gasteiger partial charge in [0.25, 0.3) is 0 Å². The van der Waals surface area contributed by atoms with Crippen LogP contribution in [0.4, 0.5) is 0 Å². The molecule has 2 heteroatoms. The molecular weight excluding hydrogens is 210 g/mol. The van der Waals surface area contributed by atoms with E-state index in [9.17, 15) is 0 Å². The second-order valence-corrected chi connectivity index (χ2v) is 4.73. The Morgan fingerprint density at radius 2 is 1.94 bits per heavy atom. The summed E-state index contributed by atoms with van der Waals surface area (Å²) >= 11 is 0. The Labute approximate surface area is 105 Å². The molecule has 0 saturated carbocycles. The first-order chi connectivity index (χ1) is 8.27. The predicted molar refractivity (Wildman–Crippen MR) is 72.9 cm³/mol. The van der Waals surface area contributed by atoms with E-state index in [1.54, 1.807) is 7.11 Å². The van der Waals surface area contributed by atoms with Gasteiger partial charge in [0.2, 0.25) is 0 Å². The maximum atomic E-state index is 5.21. The van der Waals surface area contributed by atoms with Gasteiger partial charge in [0.15, 0.2) is 0 Å². The normalized spacial score (nSPS) is 12.6. The lowest BCUT2D eigenvalue weighted by atomic mass is 10.1. The Balaban J connectivity index is 2.40. The quantitative estimate of drug-likeness (QED) is 0.746. The van der Waals surface area contributed by atoms with Crippen LogP contribution in [0.1, 0.15) is 37.8 Å². The van der Waals surface area contributed by atoms with Crippen molar-refractivity contribution < 1.29 is 4.74 Å². The Morgan fingerprint density at radius 3 is 2.59 bits per heavy atom. The van der Waals surface area contributed by atoms with E-state index >= 15 is 0 Å². The SMILES string of the molecule is CCCC(C)CNCc1ccccc1COC. The Bertz CT molecular complexity index is 312. The van der Waals surface area contributed by atoms with Gasteiger partial charge in [-0.05, 0) is 30.0 Å². The van der Waals surface area contributed by atoms with Gasteiger partial charge in [0, 0.05) is 13.7 Å². The first-order valence-electron chi connectivity index (χ1n) is 6.54. The molecule has 0 radical (unpaired) electrons. The molecular formula is C15H25NO. The highest BCUT2D eigenvalue weighted by atomic mass is 16.5. The van der Waals surface area contributed by atoms with Crippen molar-refractivity contribution in [1.29, 1.82) is 0 Å². The van der Waals surface area contributed by atoms with Crippen LogP contribution < -0.4 is 5.32 Å². The van der Waals surface area contributed by atoms with Crippen molar-refractivity contribution in [2.45, 2.75) is 39.8 Å². The molecule has 0 aliphatic carbocycles. The summed E-state index contributed by atoms with van der Waals surface area (Å²) in [7, 11) is 1.74. The van der Waals surface area contributed by atoms with Gasteiger partial charge in [-0.2, -0.15) is 0 Å². The van der Waals surface area contributed by atoms with Gasteiger partial charge in [-0.25, -0.2) is 0 Å². The standard InChI is InChI=1S/C15H25NO/c1-4-7-13(2)10-16-11-14-8-5-6-9-15(14)12-17-3/h5-6,8-9,13,16H,4,7,10-12H2,1-3H3. The highest BCUT2D eigenvalue weighted by molar-refractivity contribution is 5.26. The minimum atomic E-state index is 0.697. The fourth-order valence-electron chi connectivity index (χ4n) is 2.07. The van der Waals surface area contributed by atoms with Gasteiger partial charge >= 0.3 is 0 Å². The fourth-order valence-corrected chi connectivity index (χ4v) is 2.07. The predicted octanol–water partition coefficient (Wildman–Crippen LogP) is 3.36. The summed E-state index contributed by atoms with van der Waals surface area (Å²) in [5.74, 6) is 0.759. The van der Waals surface area contributed by atoms with Crippen molar-refractivity contribution in [2.24, 2.45) is 5.92 Å². The van der Waals surface area contributed by atoms with Gasteiger partial charge < -0.3 is 10.1 Å². The van der Waals surface area contributed by atoms with E-state index in [1.807, 2.05) is 0 Å². The molecule has 0 aromatic heterocycles. The molecule has 0 spiro atoms. The summed E-state index contributed by atoms with van der Waals surface area (Å²) in [5.41, 5.74) is 2.63. The Morgan fingerprint density at radius 1 is 1.24 bits per heavy atom. The zero-order chi connectivity index (χ0) is 12.5. The van der Waals surface area contributed by atoms with Crippen LogP contribution >= 0.6 is 0 Å². The highest BCUT2D eigenvalue weighted by Gasteiger charge is 2.03. The van der Waals surface area contributed by atoms with Crippen LogP contribution in [-0.2, 0) is 17.9 Å². The van der Waals surface area contributed by atoms with Crippen molar-refractivity contribution in [3.8, 4) is 0 Å². The maximum Gasteiger partial charge on any atom is 0.0716 e. The molecule has 1 aromatic carbocycles. The lowest BCUT2D eigenvalue weighted by Gasteiger charge is -2.13. The van der Waals surface area contributed by atoms with E-state index < -0.39 is 0 Å². The largest absolute Gasteiger partial charge is 0.380 e. The van der Waals surface area contributed by atoms with Crippen LogP contribution in [0.15, 0.2) is 24.3 Å². The summed E-state index contributed by atoms with van der Waals surface area (Å²) < 4.78 is 5.21. The average molecular weight is 235 g/mol. The molecule has 0 amide bonds. The molecule has 1 rings (SSSR count). The molecule has 0 saturated heterocycles. The van der Waals surface area contributed by atoms with E-state index in [2.05, 4.69) is 43.4 Å². The average Bonchev–Trinajstić information content (AvgIpc) is 2.32. The van der Waals surface area contributed by atoms with Crippen molar-refractivity contribution in [2.75, 3.05) is 13.7 Å². The molecule has 0 aliphatic rings. The number of methoxy groups -OCH3 is 1. The fraction of sp³-hybridized carbons (Fsp3) is 0.600. The minimum absolute atomic E-state index is 0.697. The van der Waals surface area contributed by atoms with E-state index in [-0.39, 0.29) is 0 Å². The van der Waals surface area contributed by atoms with E-state index in [1.165, 1.54) is 24.0 Å². The molecule has 1 unspecified atom stereocenters. The number of benzene rings is 1. The first kappa shape index (κ1) is 14.2. The molecule has 0 aliphatic heterocycles. The summed E-state index contributed by atoms with van der Waals surface area (Å²) in [6.45, 7) is 7.27. The zero-order valence-electron chi connectivity index (χ0n) is 11.3. The van der Waals surface area contributed by atoms with Gasteiger partial charge in [0.05, 0.1) is 6.61 Å². The van der Waals surface area contributed by atoms with Crippen molar-refractivity contribution in [3.05, 3.63) is 35.4 Å². The number of hydrogen-bond donors (Lipinski definition) is 1. The first-order valence-corrected chi connectivity index (χ1v) is 6.54. The smallest absolute Gasteiger partial charge is 0.0716 e. The van der Waals surface area contributed by atoms with Gasteiger partial charge in [-0.1, -0.05) is 44.5 Å². The third kappa shape index (κ3) is 5.33. The van der Waals surface area contributed by atoms with Crippen LogP contribution in [0, 0.1) is 5.92 Å². The van der Waals surface area contributed by atoms with Crippen LogP contribution in [0.2, 0.25) is 0 Å². The third-order valence-corrected chi connectivity index (χ3v) is 3.01. The molecule has 1 N–H and O–H groups in total. The molecule has 1 aromatic rings. The Hall–Kier alpha value is -0.860. The van der Waals surface area contributed by atoms with E-state index in [0.717, 1.165) is 19.0 Å². The monoisotopic (exact) mass is 235 g/mol. The number of hydrogen-bond acceptors (Lipinski definition) is 2. The number of nitrogens with one attached hydrogen (secondary N) is 1. The highest BCUT2D eigenvalue weighted by Crippen LogP contribution is 2.10. The van der Waals surface area contributed by atoms with Crippen LogP contribution in [0.3, 0.4) is 0 Å². The molecule has 96 valence electrons. The molecule has 2 nitrogen and oxygen atoms in total. The summed E-state index contributed by atoms with van der Waals surface area (Å²) in [4.78, 5) is 0. The van der Waals surface area contributed by atoms with Crippen LogP contribution in [0.5, 0.6) is 0 Å². The van der Waals surface area contributed by atoms with Crippen molar-refractivity contribution in [1.82, 2.24) is 5.32 Å². The maximum absolute atomic E-state index is 5.21. The minimum Gasteiger partial charge on any atom is -0.380 e. The summed E-state index contributed by atoms with van der Waals surface area (Å²) in [5, 5.41) is 3.53. The molecule has 0 bridgehead atoms. The Kier molecular flexibility index (Phi) is 6.90. The number of rotatable bonds is 8. The lowest BCUT2D eigenvalue weighted by Crippen LogP contribution is -2.21. The van der Waals surface area contributed by atoms with E-state index in [4.69, 9.17) is 4.74 Å². The zero-order valence-corrected chi connectivity index (χ0v) is 11.3. The second-order valence-electron chi connectivity index (χ2n) is 4.73. The lowest BCUT2D eigenvalue weighted by molar-refractivity contribution is 0.184. The molecule has 0 fully saturated rings. The number of ether oxygens (including phenoxy) is 1. The second kappa shape index (κ2) is 8.26. The molecule has 1 atom stereocenters. The van der Waals surface area contributed by atoms with Gasteiger partial charge in [-0.3, -0.25) is 0 Å². The van der Waals surface area contributed by atoms with Crippen molar-refractivity contribution >= 4 is 0 Å². The van der Waals surface area contributed by atoms with E-state index in [0.29, 0.717) is 6.61 Å². The van der Waals surface area contributed by atoms with Gasteiger partial charge in [-0.15, -0.1) is 0 Å². The van der Waals surface area contributed by atoms with Gasteiger partial charge in [0.1, 0.15) is 0 Å². The topological polar surface area (TPSA) is 21.3 Å². The van der Waals surface area contributed by atoms with Crippen molar-refractivity contribution in [3.63, 3.8) is 0 Å².